The molecule has 7 heteroatoms. The van der Waals surface area contributed by atoms with Crippen LogP contribution in [0.2, 0.25) is 10.0 Å². The van der Waals surface area contributed by atoms with E-state index in [2.05, 4.69) is 16.0 Å². The average Bonchev–Trinajstić information content (AvgIpc) is 2.46. The molecule has 5 nitrogen and oxygen atoms in total. The molecule has 0 aliphatic carbocycles. The Kier molecular flexibility index (Phi) is 8.20. The normalized spacial score (nSPS) is 13.1. The zero-order chi connectivity index (χ0) is 17.4. The number of carbonyl (C=O) groups excluding carboxylic acids is 2. The Balaban J connectivity index is 2.37. The van der Waals surface area contributed by atoms with Gasteiger partial charge in [-0.05, 0) is 38.0 Å². The predicted molar refractivity (Wildman–Crippen MR) is 93.9 cm³/mol. The van der Waals surface area contributed by atoms with Crippen LogP contribution >= 0.6 is 23.2 Å². The second-order valence-electron chi connectivity index (χ2n) is 5.41. The molecule has 1 rings (SSSR count). The molecule has 0 fully saturated rings. The van der Waals surface area contributed by atoms with Gasteiger partial charge >= 0.3 is 6.03 Å². The summed E-state index contributed by atoms with van der Waals surface area (Å²) in [7, 11) is 0. The van der Waals surface area contributed by atoms with Gasteiger partial charge in [0.2, 0.25) is 5.91 Å². The van der Waals surface area contributed by atoms with Crippen molar-refractivity contribution in [3.63, 3.8) is 0 Å². The van der Waals surface area contributed by atoms with Crippen LogP contribution in [-0.2, 0) is 4.79 Å². The van der Waals surface area contributed by atoms with Crippen molar-refractivity contribution in [2.24, 2.45) is 0 Å². The van der Waals surface area contributed by atoms with E-state index in [1.807, 2.05) is 20.8 Å². The van der Waals surface area contributed by atoms with Gasteiger partial charge < -0.3 is 16.0 Å². The molecule has 3 N–H and O–H groups in total. The summed E-state index contributed by atoms with van der Waals surface area (Å²) in [5.41, 5.74) is 0.778. The molecule has 3 amide bonds. The number of amides is 3. The Morgan fingerprint density at radius 2 is 1.87 bits per heavy atom. The van der Waals surface area contributed by atoms with Crippen molar-refractivity contribution in [2.45, 2.75) is 45.7 Å². The van der Waals surface area contributed by atoms with E-state index in [0.717, 1.165) is 12.0 Å². The lowest BCUT2D eigenvalue weighted by Gasteiger charge is -2.17. The van der Waals surface area contributed by atoms with Gasteiger partial charge in [-0.25, -0.2) is 4.79 Å². The van der Waals surface area contributed by atoms with Gasteiger partial charge in [0.1, 0.15) is 0 Å². The number of carbonyl (C=O) groups is 2. The van der Waals surface area contributed by atoms with Crippen LogP contribution in [0.25, 0.3) is 0 Å². The molecule has 23 heavy (non-hydrogen) atoms. The SMILES string of the molecule is CCC(C)NC(=O)CCNC(=O)NC(C)c1ccc(Cl)cc1Cl. The molecule has 0 aliphatic rings. The molecule has 0 saturated carbocycles. The third kappa shape index (κ3) is 7.10. The molecule has 1 aromatic carbocycles. The number of hydrogen-bond donors (Lipinski definition) is 3. The van der Waals surface area contributed by atoms with E-state index in [9.17, 15) is 9.59 Å². The molecule has 0 aliphatic heterocycles. The van der Waals surface area contributed by atoms with Crippen molar-refractivity contribution in [3.05, 3.63) is 33.8 Å². The highest BCUT2D eigenvalue weighted by Crippen LogP contribution is 2.25. The smallest absolute Gasteiger partial charge is 0.315 e. The lowest BCUT2D eigenvalue weighted by Crippen LogP contribution is -2.40. The second-order valence-corrected chi connectivity index (χ2v) is 6.26. The first-order chi connectivity index (χ1) is 10.8. The maximum Gasteiger partial charge on any atom is 0.315 e. The van der Waals surface area contributed by atoms with Gasteiger partial charge in [-0.15, -0.1) is 0 Å². The van der Waals surface area contributed by atoms with Crippen molar-refractivity contribution in [1.29, 1.82) is 0 Å². The van der Waals surface area contributed by atoms with Gasteiger partial charge in [0.15, 0.2) is 0 Å². The maximum absolute atomic E-state index is 11.8. The summed E-state index contributed by atoms with van der Waals surface area (Å²) < 4.78 is 0. The van der Waals surface area contributed by atoms with Crippen molar-refractivity contribution in [1.82, 2.24) is 16.0 Å². The minimum atomic E-state index is -0.347. The van der Waals surface area contributed by atoms with Crippen LogP contribution in [0.4, 0.5) is 4.79 Å². The Hall–Kier alpha value is -1.46. The van der Waals surface area contributed by atoms with E-state index in [0.29, 0.717) is 10.0 Å². The molecule has 0 saturated heterocycles. The highest BCUT2D eigenvalue weighted by Gasteiger charge is 2.13. The number of hydrogen-bond acceptors (Lipinski definition) is 2. The summed E-state index contributed by atoms with van der Waals surface area (Å²) in [5.74, 6) is -0.0755. The quantitative estimate of drug-likeness (QED) is 0.695. The van der Waals surface area contributed by atoms with Crippen molar-refractivity contribution in [2.75, 3.05) is 6.54 Å². The topological polar surface area (TPSA) is 70.2 Å². The molecule has 2 unspecified atom stereocenters. The first kappa shape index (κ1) is 19.6. The minimum absolute atomic E-state index is 0.0755. The Morgan fingerprint density at radius 1 is 1.17 bits per heavy atom. The fourth-order valence-electron chi connectivity index (χ4n) is 1.92. The van der Waals surface area contributed by atoms with E-state index in [1.54, 1.807) is 18.2 Å². The molecule has 0 bridgehead atoms. The molecule has 0 spiro atoms. The number of nitrogens with one attached hydrogen (secondary N) is 3. The van der Waals surface area contributed by atoms with Crippen LogP contribution in [0.3, 0.4) is 0 Å². The first-order valence-electron chi connectivity index (χ1n) is 7.62. The Labute approximate surface area is 147 Å². The fraction of sp³-hybridized carbons (Fsp3) is 0.500. The zero-order valence-electron chi connectivity index (χ0n) is 13.6. The summed E-state index contributed by atoms with van der Waals surface area (Å²) in [4.78, 5) is 23.4. The van der Waals surface area contributed by atoms with Crippen LogP contribution in [0.1, 0.15) is 45.2 Å². The average molecular weight is 360 g/mol. The molecule has 0 aromatic heterocycles. The van der Waals surface area contributed by atoms with E-state index in [-0.39, 0.29) is 37.0 Å². The van der Waals surface area contributed by atoms with E-state index >= 15 is 0 Å². The van der Waals surface area contributed by atoms with Gasteiger partial charge in [-0.1, -0.05) is 36.2 Å². The minimum Gasteiger partial charge on any atom is -0.354 e. The molecular formula is C16H23Cl2N3O2. The number of halogens is 2. The monoisotopic (exact) mass is 359 g/mol. The number of urea groups is 1. The zero-order valence-corrected chi connectivity index (χ0v) is 15.1. The van der Waals surface area contributed by atoms with Crippen LogP contribution in [0, 0.1) is 0 Å². The molecule has 0 radical (unpaired) electrons. The standard InChI is InChI=1S/C16H23Cl2N3O2/c1-4-10(2)20-15(22)7-8-19-16(23)21-11(3)13-6-5-12(17)9-14(13)18/h5-6,9-11H,4,7-8H2,1-3H3,(H,20,22)(H2,19,21,23). The summed E-state index contributed by atoms with van der Waals surface area (Å²) in [6, 6.07) is 4.65. The molecular weight excluding hydrogens is 337 g/mol. The van der Waals surface area contributed by atoms with E-state index in [1.165, 1.54) is 0 Å². The lowest BCUT2D eigenvalue weighted by molar-refractivity contribution is -0.121. The molecule has 1 aromatic rings. The largest absolute Gasteiger partial charge is 0.354 e. The fourth-order valence-corrected chi connectivity index (χ4v) is 2.49. The van der Waals surface area contributed by atoms with E-state index in [4.69, 9.17) is 23.2 Å². The maximum atomic E-state index is 11.8. The van der Waals surface area contributed by atoms with Crippen molar-refractivity contribution in [3.8, 4) is 0 Å². The highest BCUT2D eigenvalue weighted by atomic mass is 35.5. The molecule has 0 heterocycles. The van der Waals surface area contributed by atoms with Gasteiger partial charge in [-0.2, -0.15) is 0 Å². The lowest BCUT2D eigenvalue weighted by atomic mass is 10.1. The predicted octanol–water partition coefficient (Wildman–Crippen LogP) is 3.66. The van der Waals surface area contributed by atoms with Crippen molar-refractivity contribution < 1.29 is 9.59 Å². The first-order valence-corrected chi connectivity index (χ1v) is 8.37. The van der Waals surface area contributed by atoms with Gasteiger partial charge in [-0.3, -0.25) is 4.79 Å². The third-order valence-corrected chi connectivity index (χ3v) is 4.00. The molecule has 128 valence electrons. The van der Waals surface area contributed by atoms with Crippen LogP contribution in [-0.4, -0.2) is 24.5 Å². The van der Waals surface area contributed by atoms with Crippen LogP contribution in [0.5, 0.6) is 0 Å². The van der Waals surface area contributed by atoms with Crippen LogP contribution < -0.4 is 16.0 Å². The number of benzene rings is 1. The van der Waals surface area contributed by atoms with Gasteiger partial charge in [0.05, 0.1) is 6.04 Å². The molecule has 2 atom stereocenters. The van der Waals surface area contributed by atoms with E-state index < -0.39 is 0 Å². The Bertz CT molecular complexity index is 552. The second kappa shape index (κ2) is 9.63. The summed E-state index contributed by atoms with van der Waals surface area (Å²) in [6.07, 6.45) is 1.12. The van der Waals surface area contributed by atoms with Gasteiger partial charge in [0, 0.05) is 29.1 Å². The highest BCUT2D eigenvalue weighted by molar-refractivity contribution is 6.35. The summed E-state index contributed by atoms with van der Waals surface area (Å²) in [6.45, 7) is 6.04. The van der Waals surface area contributed by atoms with Gasteiger partial charge in [0.25, 0.3) is 0 Å². The Morgan fingerprint density at radius 3 is 2.48 bits per heavy atom. The summed E-state index contributed by atoms with van der Waals surface area (Å²) in [5, 5.41) is 9.31. The van der Waals surface area contributed by atoms with Crippen molar-refractivity contribution >= 4 is 35.1 Å². The third-order valence-electron chi connectivity index (χ3n) is 3.43. The summed E-state index contributed by atoms with van der Waals surface area (Å²) >= 11 is 12.0. The number of rotatable bonds is 7. The van der Waals surface area contributed by atoms with Crippen LogP contribution in [0.15, 0.2) is 18.2 Å².